The third kappa shape index (κ3) is 5.21. The molecule has 0 atom stereocenters. The van der Waals surface area contributed by atoms with Crippen LogP contribution in [0.3, 0.4) is 0 Å². The minimum absolute atomic E-state index is 0.104. The number of nitrogens with zero attached hydrogens (tertiary/aromatic N) is 3. The smallest absolute Gasteiger partial charge is 0.260 e. The van der Waals surface area contributed by atoms with E-state index in [2.05, 4.69) is 22.9 Å². The highest BCUT2D eigenvalue weighted by molar-refractivity contribution is 7.14. The van der Waals surface area contributed by atoms with Gasteiger partial charge in [-0.15, -0.1) is 17.9 Å². The molecule has 0 aliphatic carbocycles. The largest absolute Gasteiger partial charge is 0.469 e. The summed E-state index contributed by atoms with van der Waals surface area (Å²) in [6.45, 7) is 6.23. The molecule has 1 aromatic carbocycles. The summed E-state index contributed by atoms with van der Waals surface area (Å²) >= 11 is 1.26. The highest BCUT2D eigenvalue weighted by Crippen LogP contribution is 2.19. The number of anilines is 1. The van der Waals surface area contributed by atoms with E-state index in [9.17, 15) is 9.59 Å². The molecule has 0 unspecified atom stereocenters. The quantitative estimate of drug-likeness (QED) is 0.557. The van der Waals surface area contributed by atoms with Gasteiger partial charge in [-0.2, -0.15) is 5.26 Å². The van der Waals surface area contributed by atoms with E-state index in [1.54, 1.807) is 41.5 Å². The second-order valence-electron chi connectivity index (χ2n) is 6.54. The Morgan fingerprint density at radius 3 is 2.73 bits per heavy atom. The fraction of sp³-hybridized carbons (Fsp3) is 0.182. The number of furan rings is 1. The molecule has 30 heavy (non-hydrogen) atoms. The number of nitriles is 1. The lowest BCUT2D eigenvalue weighted by atomic mass is 10.1. The van der Waals surface area contributed by atoms with Crippen molar-refractivity contribution in [2.24, 2.45) is 0 Å². The Bertz CT molecular complexity index is 1090. The van der Waals surface area contributed by atoms with Gasteiger partial charge < -0.3 is 9.32 Å². The van der Waals surface area contributed by atoms with Crippen LogP contribution in [0.2, 0.25) is 0 Å². The number of thiazole rings is 1. The van der Waals surface area contributed by atoms with Gasteiger partial charge in [-0.3, -0.25) is 14.9 Å². The van der Waals surface area contributed by atoms with Crippen molar-refractivity contribution >= 4 is 28.3 Å². The number of aromatic nitrogens is 1. The van der Waals surface area contributed by atoms with Gasteiger partial charge in [-0.25, -0.2) is 4.98 Å². The van der Waals surface area contributed by atoms with Gasteiger partial charge in [0, 0.05) is 18.5 Å². The van der Waals surface area contributed by atoms with E-state index in [1.165, 1.54) is 17.6 Å². The maximum absolute atomic E-state index is 12.8. The van der Waals surface area contributed by atoms with Gasteiger partial charge in [0.15, 0.2) is 5.13 Å². The number of carbonyl (C=O) groups is 2. The monoisotopic (exact) mass is 420 g/mol. The molecule has 0 fully saturated rings. The minimum atomic E-state index is -0.303. The molecule has 2 amide bonds. The van der Waals surface area contributed by atoms with Crippen molar-refractivity contribution in [3.8, 4) is 6.07 Å². The van der Waals surface area contributed by atoms with Crippen molar-refractivity contribution < 1.29 is 14.0 Å². The van der Waals surface area contributed by atoms with Crippen molar-refractivity contribution in [1.82, 2.24) is 9.88 Å². The Labute approximate surface area is 178 Å². The van der Waals surface area contributed by atoms with Gasteiger partial charge >= 0.3 is 0 Å². The molecule has 2 heterocycles. The molecule has 0 aliphatic rings. The predicted molar refractivity (Wildman–Crippen MR) is 114 cm³/mol. The van der Waals surface area contributed by atoms with Crippen LogP contribution in [0.1, 0.15) is 32.9 Å². The summed E-state index contributed by atoms with van der Waals surface area (Å²) in [5.74, 6) is 0.123. The van der Waals surface area contributed by atoms with Crippen LogP contribution in [0.5, 0.6) is 0 Å². The molecule has 1 N–H and O–H groups in total. The van der Waals surface area contributed by atoms with Gasteiger partial charge in [0.1, 0.15) is 5.76 Å². The summed E-state index contributed by atoms with van der Waals surface area (Å²) in [5.41, 5.74) is 2.52. The first-order valence-corrected chi connectivity index (χ1v) is 10.1. The fourth-order valence-corrected chi connectivity index (χ4v) is 3.52. The average molecular weight is 420 g/mol. The van der Waals surface area contributed by atoms with Gasteiger partial charge in [0.05, 0.1) is 35.6 Å². The van der Waals surface area contributed by atoms with Crippen LogP contribution in [0.15, 0.2) is 59.0 Å². The molecule has 7 nitrogen and oxygen atoms in total. The third-order valence-corrected chi connectivity index (χ3v) is 5.17. The van der Waals surface area contributed by atoms with Gasteiger partial charge in [-0.05, 0) is 30.7 Å². The zero-order chi connectivity index (χ0) is 21.5. The average Bonchev–Trinajstić information content (AvgIpc) is 3.36. The Kier molecular flexibility index (Phi) is 6.78. The summed E-state index contributed by atoms with van der Waals surface area (Å²) < 4.78 is 5.14. The van der Waals surface area contributed by atoms with Crippen LogP contribution in [-0.2, 0) is 17.8 Å². The molecule has 3 aromatic rings. The first kappa shape index (κ1) is 21.0. The van der Waals surface area contributed by atoms with Crippen LogP contribution in [0.4, 0.5) is 5.13 Å². The number of amides is 2. The first-order valence-electron chi connectivity index (χ1n) is 9.17. The lowest BCUT2D eigenvalue weighted by molar-refractivity contribution is -0.130. The zero-order valence-electron chi connectivity index (χ0n) is 16.4. The van der Waals surface area contributed by atoms with E-state index in [0.29, 0.717) is 40.8 Å². The number of aryl methyl sites for hydroxylation is 1. The molecule has 152 valence electrons. The lowest BCUT2D eigenvalue weighted by Crippen LogP contribution is -2.32. The Balaban J connectivity index is 1.63. The van der Waals surface area contributed by atoms with Crippen LogP contribution < -0.4 is 5.32 Å². The summed E-state index contributed by atoms with van der Waals surface area (Å²) in [4.78, 5) is 31.1. The Hall–Kier alpha value is -3.70. The van der Waals surface area contributed by atoms with E-state index < -0.39 is 0 Å². The normalized spacial score (nSPS) is 10.3. The van der Waals surface area contributed by atoms with Crippen molar-refractivity contribution in [3.63, 3.8) is 0 Å². The molecule has 0 radical (unpaired) electrons. The van der Waals surface area contributed by atoms with Crippen LogP contribution in [-0.4, -0.2) is 28.2 Å². The van der Waals surface area contributed by atoms with Crippen molar-refractivity contribution in [3.05, 3.63) is 82.8 Å². The fourth-order valence-electron chi connectivity index (χ4n) is 2.81. The van der Waals surface area contributed by atoms with Crippen molar-refractivity contribution in [2.75, 3.05) is 11.9 Å². The molecule has 0 saturated carbocycles. The number of rotatable bonds is 8. The molecule has 0 spiro atoms. The lowest BCUT2D eigenvalue weighted by Gasteiger charge is -2.21. The van der Waals surface area contributed by atoms with E-state index in [1.807, 2.05) is 12.1 Å². The second-order valence-corrected chi connectivity index (χ2v) is 7.40. The SMILES string of the molecule is C=CCN(Cc1ccc(C#N)cc1)C(=O)Cc1csc(NC(=O)c2ccoc2C)n1. The summed E-state index contributed by atoms with van der Waals surface area (Å²) in [6.07, 6.45) is 3.24. The van der Waals surface area contributed by atoms with Crippen LogP contribution in [0.25, 0.3) is 0 Å². The Morgan fingerprint density at radius 2 is 2.10 bits per heavy atom. The second kappa shape index (κ2) is 9.67. The zero-order valence-corrected chi connectivity index (χ0v) is 17.2. The summed E-state index contributed by atoms with van der Waals surface area (Å²) in [5, 5.41) is 13.8. The molecule has 0 saturated heterocycles. The number of nitrogens with one attached hydrogen (secondary N) is 1. The molecule has 0 bridgehead atoms. The summed E-state index contributed by atoms with van der Waals surface area (Å²) in [6, 6.07) is 10.8. The van der Waals surface area contributed by atoms with E-state index in [-0.39, 0.29) is 18.2 Å². The standard InChI is InChI=1S/C22H20N4O3S/c1-3-9-26(13-17-6-4-16(12-23)5-7-17)20(27)11-18-14-30-22(24-18)25-21(28)19-8-10-29-15(19)2/h3-8,10,14H,1,9,11,13H2,2H3,(H,24,25,28). The van der Waals surface area contributed by atoms with Crippen molar-refractivity contribution in [1.29, 1.82) is 5.26 Å². The molecule has 3 rings (SSSR count). The number of benzene rings is 1. The third-order valence-electron chi connectivity index (χ3n) is 4.37. The predicted octanol–water partition coefficient (Wildman–Crippen LogP) is 3.93. The van der Waals surface area contributed by atoms with Gasteiger partial charge in [0.25, 0.3) is 5.91 Å². The number of hydrogen-bond acceptors (Lipinski definition) is 6. The highest BCUT2D eigenvalue weighted by Gasteiger charge is 2.17. The molecule has 8 heteroatoms. The van der Waals surface area contributed by atoms with Crippen LogP contribution >= 0.6 is 11.3 Å². The topological polar surface area (TPSA) is 99.2 Å². The maximum Gasteiger partial charge on any atom is 0.260 e. The first-order chi connectivity index (χ1) is 14.5. The molecular formula is C22H20N4O3S. The molecule has 2 aromatic heterocycles. The molecular weight excluding hydrogens is 400 g/mol. The van der Waals surface area contributed by atoms with E-state index in [0.717, 1.165) is 5.56 Å². The summed E-state index contributed by atoms with van der Waals surface area (Å²) in [7, 11) is 0. The van der Waals surface area contributed by atoms with E-state index >= 15 is 0 Å². The minimum Gasteiger partial charge on any atom is -0.469 e. The van der Waals surface area contributed by atoms with Gasteiger partial charge in [-0.1, -0.05) is 18.2 Å². The Morgan fingerprint density at radius 1 is 1.33 bits per heavy atom. The van der Waals surface area contributed by atoms with Crippen LogP contribution in [0, 0.1) is 18.3 Å². The highest BCUT2D eigenvalue weighted by atomic mass is 32.1. The van der Waals surface area contributed by atoms with E-state index in [4.69, 9.17) is 9.68 Å². The maximum atomic E-state index is 12.8. The molecule has 0 aliphatic heterocycles. The number of hydrogen-bond donors (Lipinski definition) is 1. The van der Waals surface area contributed by atoms with Gasteiger partial charge in [0.2, 0.25) is 5.91 Å². The van der Waals surface area contributed by atoms with Crippen molar-refractivity contribution in [2.45, 2.75) is 19.9 Å². The number of carbonyl (C=O) groups excluding carboxylic acids is 2.